The molecule has 1 saturated heterocycles. The summed E-state index contributed by atoms with van der Waals surface area (Å²) in [5, 5.41) is 6.26. The highest BCUT2D eigenvalue weighted by Crippen LogP contribution is 2.22. The van der Waals surface area contributed by atoms with Crippen LogP contribution in [0.15, 0.2) is 10.7 Å². The average Bonchev–Trinajstić information content (AvgIpc) is 2.89. The van der Waals surface area contributed by atoms with Gasteiger partial charge in [0.1, 0.15) is 6.26 Å². The molecule has 5 heteroatoms. The highest BCUT2D eigenvalue weighted by atomic mass is 16.3. The lowest BCUT2D eigenvalue weighted by Gasteiger charge is -2.19. The molecule has 0 aliphatic carbocycles. The van der Waals surface area contributed by atoms with Gasteiger partial charge in [0.2, 0.25) is 0 Å². The number of carbonyl (C=O) groups is 1. The van der Waals surface area contributed by atoms with Crippen LogP contribution in [-0.2, 0) is 0 Å². The van der Waals surface area contributed by atoms with E-state index in [1.54, 1.807) is 0 Å². The summed E-state index contributed by atoms with van der Waals surface area (Å²) in [6.07, 6.45) is 5.70. The third-order valence-corrected chi connectivity index (χ3v) is 3.50. The molecule has 1 amide bonds. The molecular weight excluding hydrogens is 242 g/mol. The van der Waals surface area contributed by atoms with Crippen LogP contribution in [0.1, 0.15) is 61.8 Å². The molecule has 1 aromatic heterocycles. The summed E-state index contributed by atoms with van der Waals surface area (Å²) in [6.45, 7) is 6.05. The fourth-order valence-corrected chi connectivity index (χ4v) is 2.44. The Morgan fingerprint density at radius 3 is 3.21 bits per heavy atom. The number of nitrogens with zero attached hydrogens (tertiary/aromatic N) is 1. The number of nitrogens with one attached hydrogen (secondary N) is 2. The van der Waals surface area contributed by atoms with Gasteiger partial charge in [-0.15, -0.1) is 0 Å². The van der Waals surface area contributed by atoms with Gasteiger partial charge in [-0.3, -0.25) is 4.79 Å². The van der Waals surface area contributed by atoms with Crippen molar-refractivity contribution < 1.29 is 9.21 Å². The van der Waals surface area contributed by atoms with Crippen molar-refractivity contribution in [2.75, 3.05) is 13.1 Å². The summed E-state index contributed by atoms with van der Waals surface area (Å²) in [5.74, 6) is 0.837. The topological polar surface area (TPSA) is 67.2 Å². The molecule has 0 bridgehead atoms. The van der Waals surface area contributed by atoms with Crippen LogP contribution in [0.25, 0.3) is 0 Å². The van der Waals surface area contributed by atoms with Crippen molar-refractivity contribution in [2.45, 2.75) is 51.5 Å². The number of amides is 1. The molecule has 1 aliphatic rings. The first-order chi connectivity index (χ1) is 9.20. The van der Waals surface area contributed by atoms with E-state index >= 15 is 0 Å². The van der Waals surface area contributed by atoms with Gasteiger partial charge in [0.15, 0.2) is 11.6 Å². The molecule has 2 unspecified atom stereocenters. The maximum absolute atomic E-state index is 12.0. The minimum atomic E-state index is -0.139. The standard InChI is InChI=1S/C14H23N3O2/c1-3-5-10(2)16-13(18)12-9-19-14(17-12)11-6-4-7-15-8-11/h9-11,15H,3-8H2,1-2H3,(H,16,18). The molecule has 1 aromatic rings. The number of aromatic nitrogens is 1. The molecule has 19 heavy (non-hydrogen) atoms. The second-order valence-electron chi connectivity index (χ2n) is 5.28. The second-order valence-corrected chi connectivity index (χ2v) is 5.28. The molecule has 2 rings (SSSR count). The van der Waals surface area contributed by atoms with Crippen LogP contribution in [-0.4, -0.2) is 30.0 Å². The summed E-state index contributed by atoms with van der Waals surface area (Å²) in [5.41, 5.74) is 0.392. The van der Waals surface area contributed by atoms with Crippen LogP contribution < -0.4 is 10.6 Å². The van der Waals surface area contributed by atoms with E-state index in [-0.39, 0.29) is 11.9 Å². The molecule has 0 saturated carbocycles. The van der Waals surface area contributed by atoms with E-state index in [9.17, 15) is 4.79 Å². The highest BCUT2D eigenvalue weighted by Gasteiger charge is 2.22. The van der Waals surface area contributed by atoms with Crippen LogP contribution >= 0.6 is 0 Å². The molecule has 1 fully saturated rings. The maximum Gasteiger partial charge on any atom is 0.273 e. The predicted molar refractivity (Wildman–Crippen MR) is 73.2 cm³/mol. The Bertz CT molecular complexity index is 411. The number of oxazole rings is 1. The normalized spacial score (nSPS) is 21.1. The Morgan fingerprint density at radius 1 is 1.68 bits per heavy atom. The van der Waals surface area contributed by atoms with Gasteiger partial charge in [0, 0.05) is 18.5 Å². The third kappa shape index (κ3) is 3.80. The zero-order valence-electron chi connectivity index (χ0n) is 11.7. The van der Waals surface area contributed by atoms with Gasteiger partial charge >= 0.3 is 0 Å². The molecule has 0 spiro atoms. The van der Waals surface area contributed by atoms with Gasteiger partial charge in [-0.25, -0.2) is 4.98 Å². The number of hydrogen-bond donors (Lipinski definition) is 2. The van der Waals surface area contributed by atoms with Crippen LogP contribution in [0, 0.1) is 0 Å². The molecule has 1 aliphatic heterocycles. The van der Waals surface area contributed by atoms with E-state index < -0.39 is 0 Å². The Kier molecular flexibility index (Phi) is 4.96. The summed E-state index contributed by atoms with van der Waals surface area (Å²) in [6, 6.07) is 0.175. The average molecular weight is 265 g/mol. The van der Waals surface area contributed by atoms with Gasteiger partial charge in [0.25, 0.3) is 5.91 Å². The van der Waals surface area contributed by atoms with Crippen molar-refractivity contribution in [3.63, 3.8) is 0 Å². The van der Waals surface area contributed by atoms with E-state index in [0.717, 1.165) is 38.8 Å². The first-order valence-electron chi connectivity index (χ1n) is 7.17. The summed E-state index contributed by atoms with van der Waals surface area (Å²) < 4.78 is 5.45. The van der Waals surface area contributed by atoms with Gasteiger partial charge in [-0.2, -0.15) is 0 Å². The monoisotopic (exact) mass is 265 g/mol. The molecule has 2 N–H and O–H groups in total. The van der Waals surface area contributed by atoms with Gasteiger partial charge in [0.05, 0.1) is 0 Å². The van der Waals surface area contributed by atoms with Gasteiger partial charge in [-0.1, -0.05) is 13.3 Å². The van der Waals surface area contributed by atoms with Crippen molar-refractivity contribution in [1.29, 1.82) is 0 Å². The fraction of sp³-hybridized carbons (Fsp3) is 0.714. The van der Waals surface area contributed by atoms with E-state index in [1.807, 2.05) is 6.92 Å². The minimum Gasteiger partial charge on any atom is -0.448 e. The molecule has 2 heterocycles. The van der Waals surface area contributed by atoms with E-state index in [4.69, 9.17) is 4.42 Å². The van der Waals surface area contributed by atoms with Crippen molar-refractivity contribution in [3.8, 4) is 0 Å². The first kappa shape index (κ1) is 14.1. The number of piperidine rings is 1. The van der Waals surface area contributed by atoms with Crippen molar-refractivity contribution >= 4 is 5.91 Å². The number of hydrogen-bond acceptors (Lipinski definition) is 4. The summed E-state index contributed by atoms with van der Waals surface area (Å²) >= 11 is 0. The Hall–Kier alpha value is -1.36. The Balaban J connectivity index is 1.94. The largest absolute Gasteiger partial charge is 0.448 e. The maximum atomic E-state index is 12.0. The predicted octanol–water partition coefficient (Wildman–Crippen LogP) is 2.06. The zero-order chi connectivity index (χ0) is 13.7. The van der Waals surface area contributed by atoms with Crippen LogP contribution in [0.3, 0.4) is 0 Å². The lowest BCUT2D eigenvalue weighted by Crippen LogP contribution is -2.32. The molecule has 2 atom stereocenters. The van der Waals surface area contributed by atoms with Crippen LogP contribution in [0.5, 0.6) is 0 Å². The van der Waals surface area contributed by atoms with E-state index in [1.165, 1.54) is 6.26 Å². The third-order valence-electron chi connectivity index (χ3n) is 3.50. The van der Waals surface area contributed by atoms with Crippen LogP contribution in [0.4, 0.5) is 0 Å². The number of carbonyl (C=O) groups excluding carboxylic acids is 1. The van der Waals surface area contributed by atoms with Crippen LogP contribution in [0.2, 0.25) is 0 Å². The molecule has 106 valence electrons. The lowest BCUT2D eigenvalue weighted by molar-refractivity contribution is 0.0933. The number of rotatable bonds is 5. The first-order valence-corrected chi connectivity index (χ1v) is 7.17. The lowest BCUT2D eigenvalue weighted by atomic mass is 10.00. The van der Waals surface area contributed by atoms with Crippen molar-refractivity contribution in [3.05, 3.63) is 17.8 Å². The quantitative estimate of drug-likeness (QED) is 0.855. The van der Waals surface area contributed by atoms with Crippen molar-refractivity contribution in [2.24, 2.45) is 0 Å². The van der Waals surface area contributed by atoms with E-state index in [0.29, 0.717) is 17.5 Å². The Morgan fingerprint density at radius 2 is 2.53 bits per heavy atom. The van der Waals surface area contributed by atoms with Gasteiger partial charge in [-0.05, 0) is 32.7 Å². The van der Waals surface area contributed by atoms with Gasteiger partial charge < -0.3 is 15.1 Å². The molecule has 0 aromatic carbocycles. The zero-order valence-corrected chi connectivity index (χ0v) is 11.7. The molecular formula is C14H23N3O2. The molecule has 0 radical (unpaired) electrons. The summed E-state index contributed by atoms with van der Waals surface area (Å²) in [4.78, 5) is 16.3. The Labute approximate surface area is 114 Å². The molecule has 5 nitrogen and oxygen atoms in total. The fourth-order valence-electron chi connectivity index (χ4n) is 2.44. The van der Waals surface area contributed by atoms with E-state index in [2.05, 4.69) is 22.5 Å². The highest BCUT2D eigenvalue weighted by molar-refractivity contribution is 5.92. The minimum absolute atomic E-state index is 0.139. The van der Waals surface area contributed by atoms with Crippen molar-refractivity contribution in [1.82, 2.24) is 15.6 Å². The second kappa shape index (κ2) is 6.70. The smallest absolute Gasteiger partial charge is 0.273 e. The SMILES string of the molecule is CCCC(C)NC(=O)c1coc(C2CCCNC2)n1. The summed E-state index contributed by atoms with van der Waals surface area (Å²) in [7, 11) is 0.